The number of nitrogens with one attached hydrogen (secondary N) is 1. The van der Waals surface area contributed by atoms with Crippen molar-refractivity contribution in [3.63, 3.8) is 0 Å². The molecule has 33 heavy (non-hydrogen) atoms. The quantitative estimate of drug-likeness (QED) is 0.565. The van der Waals surface area contributed by atoms with Crippen LogP contribution in [0, 0.1) is 0 Å². The van der Waals surface area contributed by atoms with Crippen LogP contribution in [0.4, 0.5) is 24.7 Å². The van der Waals surface area contributed by atoms with Gasteiger partial charge in [0.25, 0.3) is 5.91 Å². The summed E-state index contributed by atoms with van der Waals surface area (Å²) >= 11 is 0. The molecule has 2 heterocycles. The highest BCUT2D eigenvalue weighted by Gasteiger charge is 2.35. The molecular formula is C25H24F3N3O2. The van der Waals surface area contributed by atoms with E-state index in [1.807, 2.05) is 30.3 Å². The second kappa shape index (κ2) is 9.23. The van der Waals surface area contributed by atoms with Gasteiger partial charge in [-0.15, -0.1) is 0 Å². The lowest BCUT2D eigenvalue weighted by Gasteiger charge is -2.38. The zero-order valence-corrected chi connectivity index (χ0v) is 17.8. The fraction of sp³-hybridized carbons (Fsp3) is 0.280. The largest absolute Gasteiger partial charge is 0.416 e. The molecular weight excluding hydrogens is 431 g/mol. The van der Waals surface area contributed by atoms with Crippen LogP contribution >= 0.6 is 0 Å². The number of amides is 1. The number of hydrogen-bond donors (Lipinski definition) is 2. The fourth-order valence-corrected chi connectivity index (χ4v) is 4.04. The Morgan fingerprint density at radius 3 is 2.45 bits per heavy atom. The minimum absolute atomic E-state index is 0.187. The highest BCUT2D eigenvalue weighted by molar-refractivity contribution is 5.99. The predicted molar refractivity (Wildman–Crippen MR) is 119 cm³/mol. The number of aliphatic hydroxyl groups is 1. The van der Waals surface area contributed by atoms with Gasteiger partial charge < -0.3 is 15.3 Å². The molecule has 0 radical (unpaired) electrons. The molecule has 172 valence electrons. The van der Waals surface area contributed by atoms with Crippen LogP contribution in [0.3, 0.4) is 0 Å². The number of alkyl halides is 3. The summed E-state index contributed by atoms with van der Waals surface area (Å²) in [6.45, 7) is 0.750. The summed E-state index contributed by atoms with van der Waals surface area (Å²) < 4.78 is 39.1. The van der Waals surface area contributed by atoms with Crippen molar-refractivity contribution in [3.8, 4) is 0 Å². The Balaban J connectivity index is 1.46. The third-order valence-corrected chi connectivity index (χ3v) is 5.85. The minimum Gasteiger partial charge on any atom is -0.389 e. The topological polar surface area (TPSA) is 65.5 Å². The molecule has 0 unspecified atom stereocenters. The molecule has 1 amide bonds. The second-order valence-electron chi connectivity index (χ2n) is 8.28. The van der Waals surface area contributed by atoms with E-state index in [4.69, 9.17) is 0 Å². The van der Waals surface area contributed by atoms with Gasteiger partial charge in [-0.3, -0.25) is 4.79 Å². The van der Waals surface area contributed by atoms with Crippen molar-refractivity contribution in [1.29, 1.82) is 0 Å². The van der Waals surface area contributed by atoms with E-state index in [2.05, 4.69) is 10.3 Å². The normalized spacial score (nSPS) is 15.8. The summed E-state index contributed by atoms with van der Waals surface area (Å²) in [5.74, 6) is -0.0914. The van der Waals surface area contributed by atoms with Crippen molar-refractivity contribution in [2.45, 2.75) is 31.0 Å². The predicted octanol–water partition coefficient (Wildman–Crippen LogP) is 5.05. The summed E-state index contributed by atoms with van der Waals surface area (Å²) in [4.78, 5) is 19.0. The fourth-order valence-electron chi connectivity index (χ4n) is 4.04. The first-order valence-corrected chi connectivity index (χ1v) is 10.7. The molecule has 2 aromatic carbocycles. The molecule has 1 aliphatic heterocycles. The Kier molecular flexibility index (Phi) is 6.37. The van der Waals surface area contributed by atoms with Gasteiger partial charge in [0, 0.05) is 31.4 Å². The Morgan fingerprint density at radius 2 is 1.76 bits per heavy atom. The number of carbonyl (C=O) groups excluding carboxylic acids is 1. The van der Waals surface area contributed by atoms with Crippen LogP contribution in [0.2, 0.25) is 0 Å². The van der Waals surface area contributed by atoms with Gasteiger partial charge in [0.15, 0.2) is 0 Å². The number of piperidine rings is 1. The molecule has 4 rings (SSSR count). The molecule has 8 heteroatoms. The van der Waals surface area contributed by atoms with E-state index < -0.39 is 17.3 Å². The zero-order valence-electron chi connectivity index (χ0n) is 17.8. The summed E-state index contributed by atoms with van der Waals surface area (Å²) in [5.41, 5.74) is -0.173. The maximum atomic E-state index is 13.2. The van der Waals surface area contributed by atoms with Gasteiger partial charge >= 0.3 is 6.18 Å². The summed E-state index contributed by atoms with van der Waals surface area (Å²) in [6, 6.07) is 17.7. The maximum absolute atomic E-state index is 13.2. The number of rotatable bonds is 5. The number of halogens is 3. The van der Waals surface area contributed by atoms with Crippen LogP contribution in [-0.2, 0) is 12.6 Å². The molecule has 2 N–H and O–H groups in total. The molecule has 1 aliphatic rings. The smallest absolute Gasteiger partial charge is 0.389 e. The third-order valence-electron chi connectivity index (χ3n) is 5.85. The minimum atomic E-state index is -4.47. The summed E-state index contributed by atoms with van der Waals surface area (Å²) in [6.07, 6.45) is -1.61. The van der Waals surface area contributed by atoms with Crippen molar-refractivity contribution in [3.05, 3.63) is 89.6 Å². The van der Waals surface area contributed by atoms with Crippen LogP contribution in [0.25, 0.3) is 0 Å². The van der Waals surface area contributed by atoms with Gasteiger partial charge in [0.1, 0.15) is 5.82 Å². The van der Waals surface area contributed by atoms with Crippen LogP contribution in [-0.4, -0.2) is 39.6 Å². The number of nitrogens with zero attached hydrogens (tertiary/aromatic N) is 2. The number of carbonyl (C=O) groups is 1. The first-order chi connectivity index (χ1) is 15.7. The van der Waals surface area contributed by atoms with Gasteiger partial charge in [0.2, 0.25) is 0 Å². The number of aromatic nitrogens is 1. The van der Waals surface area contributed by atoms with Crippen molar-refractivity contribution in [1.82, 2.24) is 9.88 Å². The van der Waals surface area contributed by atoms with Crippen LogP contribution in [0.1, 0.15) is 34.3 Å². The van der Waals surface area contributed by atoms with Gasteiger partial charge in [-0.25, -0.2) is 4.98 Å². The number of pyridine rings is 1. The van der Waals surface area contributed by atoms with E-state index in [0.29, 0.717) is 32.4 Å². The molecule has 0 aliphatic carbocycles. The Morgan fingerprint density at radius 1 is 1.03 bits per heavy atom. The maximum Gasteiger partial charge on any atom is 0.416 e. The second-order valence-corrected chi connectivity index (χ2v) is 8.28. The lowest BCUT2D eigenvalue weighted by Crippen LogP contribution is -2.47. The first-order valence-electron chi connectivity index (χ1n) is 10.7. The van der Waals surface area contributed by atoms with Crippen LogP contribution < -0.4 is 5.32 Å². The van der Waals surface area contributed by atoms with Crippen molar-refractivity contribution in [2.24, 2.45) is 0 Å². The first kappa shape index (κ1) is 22.8. The molecule has 3 aromatic rings. The Hall–Kier alpha value is -3.39. The van der Waals surface area contributed by atoms with E-state index in [1.165, 1.54) is 18.3 Å². The molecule has 0 bridgehead atoms. The molecule has 1 fully saturated rings. The molecule has 1 aromatic heterocycles. The average molecular weight is 455 g/mol. The highest BCUT2D eigenvalue weighted by atomic mass is 19.4. The Labute approximate surface area is 189 Å². The lowest BCUT2D eigenvalue weighted by atomic mass is 9.85. The monoisotopic (exact) mass is 455 g/mol. The van der Waals surface area contributed by atoms with E-state index in [-0.39, 0.29) is 23.0 Å². The summed E-state index contributed by atoms with van der Waals surface area (Å²) in [7, 11) is 0. The van der Waals surface area contributed by atoms with E-state index in [9.17, 15) is 23.1 Å². The van der Waals surface area contributed by atoms with E-state index in [0.717, 1.165) is 17.7 Å². The third kappa shape index (κ3) is 5.51. The van der Waals surface area contributed by atoms with Gasteiger partial charge in [-0.05, 0) is 48.7 Å². The van der Waals surface area contributed by atoms with Crippen molar-refractivity contribution < 1.29 is 23.1 Å². The zero-order chi connectivity index (χ0) is 23.5. The van der Waals surface area contributed by atoms with Gasteiger partial charge in [0.05, 0.1) is 16.7 Å². The lowest BCUT2D eigenvalue weighted by molar-refractivity contribution is -0.137. The highest BCUT2D eigenvalue weighted by Crippen LogP contribution is 2.32. The summed E-state index contributed by atoms with van der Waals surface area (Å²) in [5, 5.41) is 13.8. The van der Waals surface area contributed by atoms with E-state index in [1.54, 1.807) is 17.0 Å². The molecule has 5 nitrogen and oxygen atoms in total. The average Bonchev–Trinajstić information content (AvgIpc) is 2.80. The Bertz CT molecular complexity index is 1110. The van der Waals surface area contributed by atoms with Gasteiger partial charge in [-0.2, -0.15) is 13.2 Å². The molecule has 0 atom stereocenters. The van der Waals surface area contributed by atoms with Crippen molar-refractivity contribution >= 4 is 17.4 Å². The standard InChI is InChI=1S/C25H24F3N3O2/c26-25(27,28)19-8-4-9-20(16-19)30-22-21(10-5-13-29-22)23(32)31-14-11-24(33,12-15-31)17-18-6-2-1-3-7-18/h1-10,13,16,33H,11-12,14-15,17H2,(H,29,30). The van der Waals surface area contributed by atoms with Crippen LogP contribution in [0.15, 0.2) is 72.9 Å². The van der Waals surface area contributed by atoms with Crippen molar-refractivity contribution in [2.75, 3.05) is 18.4 Å². The SMILES string of the molecule is O=C(c1cccnc1Nc1cccc(C(F)(F)F)c1)N1CCC(O)(Cc2ccccc2)CC1. The van der Waals surface area contributed by atoms with Crippen LogP contribution in [0.5, 0.6) is 0 Å². The number of benzene rings is 2. The van der Waals surface area contributed by atoms with E-state index >= 15 is 0 Å². The van der Waals surface area contributed by atoms with Gasteiger partial charge in [-0.1, -0.05) is 36.4 Å². The molecule has 0 spiro atoms. The number of hydrogen-bond acceptors (Lipinski definition) is 4. The molecule has 0 saturated carbocycles. The number of anilines is 2. The molecule has 1 saturated heterocycles. The number of likely N-dealkylation sites (tertiary alicyclic amines) is 1.